The smallest absolute Gasteiger partial charge is 0.265 e. The Morgan fingerprint density at radius 2 is 2.11 bits per heavy atom. The number of fused-ring (bicyclic) bond motifs is 1. The number of rotatable bonds is 5. The zero-order chi connectivity index (χ0) is 14.0. The predicted molar refractivity (Wildman–Crippen MR) is 65.2 cm³/mol. The average Bonchev–Trinajstić information content (AvgIpc) is 2.83. The van der Waals surface area contributed by atoms with Gasteiger partial charge in [-0.25, -0.2) is 21.9 Å². The third-order valence-electron chi connectivity index (χ3n) is 2.31. The molecule has 0 saturated heterocycles. The van der Waals surface area contributed by atoms with Crippen LogP contribution >= 0.6 is 0 Å². The monoisotopic (exact) mass is 309 g/mol. The Kier molecular flexibility index (Phi) is 4.04. The number of halogens is 2. The molecule has 0 saturated carbocycles. The van der Waals surface area contributed by atoms with E-state index in [4.69, 9.17) is 5.11 Å². The van der Waals surface area contributed by atoms with Gasteiger partial charge < -0.3 is 5.11 Å². The summed E-state index contributed by atoms with van der Waals surface area (Å²) >= 11 is 0.851. The maximum absolute atomic E-state index is 12.1. The van der Waals surface area contributed by atoms with E-state index in [9.17, 15) is 17.2 Å². The van der Waals surface area contributed by atoms with Gasteiger partial charge >= 0.3 is 0 Å². The Balaban J connectivity index is 2.22. The van der Waals surface area contributed by atoms with Gasteiger partial charge in [0.05, 0.1) is 11.4 Å². The number of hydrogen-bond acceptors (Lipinski definition) is 5. The fourth-order valence-electron chi connectivity index (χ4n) is 1.36. The zero-order valence-electron chi connectivity index (χ0n) is 9.32. The molecule has 0 spiro atoms. The number of benzene rings is 1. The second-order valence-electron chi connectivity index (χ2n) is 3.64. The van der Waals surface area contributed by atoms with Crippen molar-refractivity contribution in [1.29, 1.82) is 0 Å². The van der Waals surface area contributed by atoms with Crippen molar-refractivity contribution in [2.24, 2.45) is 8.73 Å². The van der Waals surface area contributed by atoms with Crippen LogP contribution in [0.5, 0.6) is 0 Å². The molecule has 0 aliphatic carbocycles. The average molecular weight is 309 g/mol. The van der Waals surface area contributed by atoms with Crippen molar-refractivity contribution in [3.8, 4) is 0 Å². The minimum Gasteiger partial charge on any atom is -0.386 e. The molecule has 1 unspecified atom stereocenters. The summed E-state index contributed by atoms with van der Waals surface area (Å²) in [7, 11) is -4.02. The van der Waals surface area contributed by atoms with E-state index in [0.29, 0.717) is 5.69 Å². The van der Waals surface area contributed by atoms with Crippen LogP contribution in [0.25, 0.3) is 0 Å². The van der Waals surface area contributed by atoms with Gasteiger partial charge in [0.2, 0.25) is 10.0 Å². The number of aliphatic hydroxyl groups is 1. The minimum atomic E-state index is -4.02. The Bertz CT molecular complexity index is 657. The molecule has 19 heavy (non-hydrogen) atoms. The molecule has 1 aliphatic rings. The van der Waals surface area contributed by atoms with E-state index in [0.717, 1.165) is 11.4 Å². The van der Waals surface area contributed by atoms with Crippen LogP contribution in [0.4, 0.5) is 20.2 Å². The summed E-state index contributed by atoms with van der Waals surface area (Å²) in [4.78, 5) is -0.153. The van der Waals surface area contributed by atoms with Crippen LogP contribution in [0.15, 0.2) is 31.8 Å². The van der Waals surface area contributed by atoms with Crippen molar-refractivity contribution in [1.82, 2.24) is 4.72 Å². The first-order valence-electron chi connectivity index (χ1n) is 5.09. The van der Waals surface area contributed by atoms with Crippen LogP contribution in [-0.4, -0.2) is 32.6 Å². The van der Waals surface area contributed by atoms with Crippen LogP contribution in [0.3, 0.4) is 0 Å². The SMILES string of the molecule is O=S(=O)(NCC(O)C(F)F)c1cccc2c1N=S=N2. The van der Waals surface area contributed by atoms with Gasteiger partial charge in [0.15, 0.2) is 0 Å². The number of sulfonamides is 1. The number of hydrogen-bond donors (Lipinski definition) is 2. The van der Waals surface area contributed by atoms with Crippen LogP contribution in [0.2, 0.25) is 0 Å². The Labute approximate surface area is 111 Å². The van der Waals surface area contributed by atoms with Gasteiger partial charge in [0.25, 0.3) is 6.43 Å². The van der Waals surface area contributed by atoms with Crippen molar-refractivity contribution >= 4 is 32.8 Å². The summed E-state index contributed by atoms with van der Waals surface area (Å²) < 4.78 is 57.7. The van der Waals surface area contributed by atoms with Crippen molar-refractivity contribution in [2.45, 2.75) is 17.4 Å². The molecule has 6 nitrogen and oxygen atoms in total. The van der Waals surface area contributed by atoms with Gasteiger partial charge in [-0.1, -0.05) is 6.07 Å². The minimum absolute atomic E-state index is 0.153. The molecule has 2 N–H and O–H groups in total. The first-order chi connectivity index (χ1) is 8.92. The van der Waals surface area contributed by atoms with Gasteiger partial charge in [-0.3, -0.25) is 0 Å². The van der Waals surface area contributed by atoms with Gasteiger partial charge in [0, 0.05) is 6.54 Å². The van der Waals surface area contributed by atoms with Gasteiger partial charge in [-0.2, -0.15) is 8.73 Å². The molecule has 1 atom stereocenters. The lowest BCUT2D eigenvalue weighted by Gasteiger charge is -2.12. The first kappa shape index (κ1) is 14.2. The zero-order valence-corrected chi connectivity index (χ0v) is 11.0. The van der Waals surface area contributed by atoms with Crippen LogP contribution in [0, 0.1) is 0 Å². The lowest BCUT2D eigenvalue weighted by Crippen LogP contribution is -2.35. The third-order valence-corrected chi connectivity index (χ3v) is 4.31. The molecule has 0 aromatic heterocycles. The van der Waals surface area contributed by atoms with Crippen LogP contribution < -0.4 is 4.72 Å². The maximum Gasteiger partial charge on any atom is 0.265 e. The number of aliphatic hydroxyl groups excluding tert-OH is 1. The van der Waals surface area contributed by atoms with Crippen molar-refractivity contribution in [3.05, 3.63) is 18.2 Å². The molecule has 1 aromatic rings. The summed E-state index contributed by atoms with van der Waals surface area (Å²) in [5, 5.41) is 8.91. The van der Waals surface area contributed by atoms with Gasteiger partial charge in [0.1, 0.15) is 22.4 Å². The second kappa shape index (κ2) is 5.41. The molecule has 104 valence electrons. The fraction of sp³-hybridized carbons (Fsp3) is 0.333. The van der Waals surface area contributed by atoms with Crippen LogP contribution in [-0.2, 0) is 21.4 Å². The lowest BCUT2D eigenvalue weighted by molar-refractivity contribution is -0.000450. The predicted octanol–water partition coefficient (Wildman–Crippen LogP) is 1.32. The molecule has 10 heteroatoms. The molecule has 1 heterocycles. The molecular formula is C9H9F2N3O3S2. The highest BCUT2D eigenvalue weighted by Gasteiger charge is 2.25. The van der Waals surface area contributed by atoms with E-state index in [2.05, 4.69) is 8.73 Å². The highest BCUT2D eigenvalue weighted by atomic mass is 32.2. The highest BCUT2D eigenvalue weighted by molar-refractivity contribution is 7.89. The summed E-state index contributed by atoms with van der Waals surface area (Å²) in [5.74, 6) is 0. The van der Waals surface area contributed by atoms with Crippen LogP contribution in [0.1, 0.15) is 0 Å². The largest absolute Gasteiger partial charge is 0.386 e. The second-order valence-corrected chi connectivity index (χ2v) is 5.91. The number of nitrogens with one attached hydrogen (secondary N) is 1. The maximum atomic E-state index is 12.1. The van der Waals surface area contributed by atoms with Crippen molar-refractivity contribution in [3.63, 3.8) is 0 Å². The Hall–Kier alpha value is -1.23. The van der Waals surface area contributed by atoms with E-state index in [1.54, 1.807) is 6.07 Å². The topological polar surface area (TPSA) is 91.1 Å². The fourth-order valence-corrected chi connectivity index (χ4v) is 3.18. The number of alkyl halides is 2. The van der Waals surface area contributed by atoms with E-state index in [-0.39, 0.29) is 10.6 Å². The lowest BCUT2D eigenvalue weighted by atomic mass is 10.3. The van der Waals surface area contributed by atoms with Gasteiger partial charge in [-0.15, -0.1) is 0 Å². The van der Waals surface area contributed by atoms with Crippen molar-refractivity contribution in [2.75, 3.05) is 6.54 Å². The molecule has 0 bridgehead atoms. The Morgan fingerprint density at radius 1 is 1.37 bits per heavy atom. The summed E-state index contributed by atoms with van der Waals surface area (Å²) in [6.45, 7) is -0.770. The molecule has 0 fully saturated rings. The standard InChI is InChI=1S/C9H9F2N3O3S2/c10-9(11)6(15)4-12-19(16,17)7-3-1-2-5-8(7)14-18-13-5/h1-3,6,9,12,15H,4H2. The highest BCUT2D eigenvalue weighted by Crippen LogP contribution is 2.37. The molecule has 0 radical (unpaired) electrons. The quantitative estimate of drug-likeness (QED) is 0.872. The third kappa shape index (κ3) is 3.03. The molecule has 1 aliphatic heterocycles. The molecule has 1 aromatic carbocycles. The summed E-state index contributed by atoms with van der Waals surface area (Å²) in [5.41, 5.74) is 0.578. The van der Waals surface area contributed by atoms with E-state index < -0.39 is 29.1 Å². The molecular weight excluding hydrogens is 300 g/mol. The van der Waals surface area contributed by atoms with E-state index in [1.807, 2.05) is 4.72 Å². The Morgan fingerprint density at radius 3 is 2.79 bits per heavy atom. The first-order valence-corrected chi connectivity index (χ1v) is 7.30. The van der Waals surface area contributed by atoms with Crippen molar-refractivity contribution < 1.29 is 22.3 Å². The molecule has 0 amide bonds. The summed E-state index contributed by atoms with van der Waals surface area (Å²) in [6, 6.07) is 4.36. The van der Waals surface area contributed by atoms with Gasteiger partial charge in [-0.05, 0) is 12.1 Å². The van der Waals surface area contributed by atoms with E-state index >= 15 is 0 Å². The summed E-state index contributed by atoms with van der Waals surface area (Å²) in [6.07, 6.45) is -5.07. The van der Waals surface area contributed by atoms with E-state index in [1.165, 1.54) is 12.1 Å². The molecule has 2 rings (SSSR count). The number of nitrogens with zero attached hydrogens (tertiary/aromatic N) is 2. The normalized spacial score (nSPS) is 15.4.